The summed E-state index contributed by atoms with van der Waals surface area (Å²) in [4.78, 5) is 0. The van der Waals surface area contributed by atoms with Gasteiger partial charge in [-0.15, -0.1) is 11.8 Å². The molecular weight excluding hydrogens is 194 g/mol. The van der Waals surface area contributed by atoms with Crippen LogP contribution in [0.4, 0.5) is 0 Å². The molecule has 1 unspecified atom stereocenters. The Bertz CT molecular complexity index is 187. The predicted molar refractivity (Wildman–Crippen MR) is 73.5 cm³/mol. The first kappa shape index (κ1) is 15.5. The Morgan fingerprint density at radius 2 is 1.75 bits per heavy atom. The van der Waals surface area contributed by atoms with Crippen molar-refractivity contribution in [2.24, 2.45) is 0 Å². The minimum Gasteiger partial charge on any atom is -0.313 e. The highest BCUT2D eigenvalue weighted by molar-refractivity contribution is 4.98. The van der Waals surface area contributed by atoms with Gasteiger partial charge in [0.05, 0.1) is 0 Å². The van der Waals surface area contributed by atoms with E-state index in [0.717, 1.165) is 13.0 Å². The monoisotopic (exact) mass is 223 g/mol. The van der Waals surface area contributed by atoms with Crippen molar-refractivity contribution in [1.29, 1.82) is 0 Å². The topological polar surface area (TPSA) is 12.0 Å². The van der Waals surface area contributed by atoms with E-state index in [1.807, 2.05) is 6.92 Å². The maximum atomic E-state index is 3.59. The van der Waals surface area contributed by atoms with Gasteiger partial charge < -0.3 is 5.32 Å². The van der Waals surface area contributed by atoms with Gasteiger partial charge in [0.15, 0.2) is 0 Å². The normalized spacial score (nSPS) is 11.9. The minimum atomic E-state index is 0.619. The van der Waals surface area contributed by atoms with Crippen LogP contribution < -0.4 is 5.32 Å². The van der Waals surface area contributed by atoms with Crippen LogP contribution in [0.2, 0.25) is 0 Å². The van der Waals surface area contributed by atoms with Crippen LogP contribution in [-0.4, -0.2) is 12.6 Å². The second kappa shape index (κ2) is 12.6. The van der Waals surface area contributed by atoms with Crippen LogP contribution in [-0.2, 0) is 0 Å². The van der Waals surface area contributed by atoms with E-state index < -0.39 is 0 Å². The largest absolute Gasteiger partial charge is 0.313 e. The van der Waals surface area contributed by atoms with E-state index in [1.165, 1.54) is 44.9 Å². The third kappa shape index (κ3) is 10.1. The van der Waals surface area contributed by atoms with Gasteiger partial charge in [-0.1, -0.05) is 46.0 Å². The minimum absolute atomic E-state index is 0.619. The van der Waals surface area contributed by atoms with Gasteiger partial charge in [0.25, 0.3) is 0 Å². The summed E-state index contributed by atoms with van der Waals surface area (Å²) in [5, 5.41) is 3.59. The molecule has 16 heavy (non-hydrogen) atoms. The van der Waals surface area contributed by atoms with Crippen LogP contribution in [0, 0.1) is 11.8 Å². The standard InChI is InChI=1S/C15H29N/c1-4-7-9-10-11-13-15(12-8-5-2)16-14-6-3/h15-16H,4,6-7,9-14H2,1-3H3. The summed E-state index contributed by atoms with van der Waals surface area (Å²) in [6, 6.07) is 0.619. The maximum Gasteiger partial charge on any atom is 0.0243 e. The molecule has 0 aromatic heterocycles. The highest BCUT2D eigenvalue weighted by atomic mass is 14.9. The molecule has 1 atom stereocenters. The van der Waals surface area contributed by atoms with E-state index in [2.05, 4.69) is 31.0 Å². The number of hydrogen-bond acceptors (Lipinski definition) is 1. The Labute approximate surface area is 102 Å². The zero-order valence-corrected chi connectivity index (χ0v) is 11.4. The summed E-state index contributed by atoms with van der Waals surface area (Å²) < 4.78 is 0. The molecule has 1 nitrogen and oxygen atoms in total. The highest BCUT2D eigenvalue weighted by Gasteiger charge is 2.05. The van der Waals surface area contributed by atoms with Crippen LogP contribution in [0.1, 0.15) is 72.1 Å². The molecule has 0 spiro atoms. The lowest BCUT2D eigenvalue weighted by Crippen LogP contribution is -2.29. The molecule has 0 amide bonds. The molecule has 0 aromatic carbocycles. The van der Waals surface area contributed by atoms with Gasteiger partial charge in [-0.05, 0) is 26.3 Å². The van der Waals surface area contributed by atoms with E-state index >= 15 is 0 Å². The van der Waals surface area contributed by atoms with Crippen molar-refractivity contribution in [2.75, 3.05) is 6.54 Å². The molecule has 0 radical (unpaired) electrons. The van der Waals surface area contributed by atoms with Crippen molar-refractivity contribution >= 4 is 0 Å². The summed E-state index contributed by atoms with van der Waals surface area (Å²) in [5.74, 6) is 6.19. The zero-order chi connectivity index (χ0) is 12.1. The van der Waals surface area contributed by atoms with Gasteiger partial charge in [-0.3, -0.25) is 0 Å². The first-order valence-electron chi connectivity index (χ1n) is 6.98. The Morgan fingerprint density at radius 3 is 2.38 bits per heavy atom. The lowest BCUT2D eigenvalue weighted by molar-refractivity contribution is 0.460. The Kier molecular flexibility index (Phi) is 12.2. The van der Waals surface area contributed by atoms with E-state index in [4.69, 9.17) is 0 Å². The van der Waals surface area contributed by atoms with Crippen molar-refractivity contribution in [1.82, 2.24) is 5.32 Å². The van der Waals surface area contributed by atoms with E-state index in [-0.39, 0.29) is 0 Å². The van der Waals surface area contributed by atoms with Crippen molar-refractivity contribution in [3.05, 3.63) is 0 Å². The van der Waals surface area contributed by atoms with Crippen molar-refractivity contribution in [2.45, 2.75) is 78.2 Å². The van der Waals surface area contributed by atoms with Crippen LogP contribution >= 0.6 is 0 Å². The molecule has 0 fully saturated rings. The molecule has 0 aliphatic heterocycles. The highest BCUT2D eigenvalue weighted by Crippen LogP contribution is 2.09. The number of unbranched alkanes of at least 4 members (excludes halogenated alkanes) is 4. The van der Waals surface area contributed by atoms with Gasteiger partial charge in [-0.2, -0.15) is 0 Å². The summed E-state index contributed by atoms with van der Waals surface area (Å²) >= 11 is 0. The Morgan fingerprint density at radius 1 is 1.00 bits per heavy atom. The fourth-order valence-corrected chi connectivity index (χ4v) is 1.84. The van der Waals surface area contributed by atoms with Crippen molar-refractivity contribution < 1.29 is 0 Å². The average molecular weight is 223 g/mol. The average Bonchev–Trinajstić information content (AvgIpc) is 2.31. The van der Waals surface area contributed by atoms with E-state index in [1.54, 1.807) is 0 Å². The molecule has 1 heteroatoms. The first-order chi connectivity index (χ1) is 7.85. The fraction of sp³-hybridized carbons (Fsp3) is 0.867. The third-order valence-corrected chi connectivity index (χ3v) is 2.86. The second-order valence-corrected chi connectivity index (χ2v) is 4.48. The molecule has 0 heterocycles. The number of rotatable bonds is 10. The smallest absolute Gasteiger partial charge is 0.0243 e. The van der Waals surface area contributed by atoms with Crippen LogP contribution in [0.5, 0.6) is 0 Å². The van der Waals surface area contributed by atoms with E-state index in [9.17, 15) is 0 Å². The van der Waals surface area contributed by atoms with Gasteiger partial charge in [-0.25, -0.2) is 0 Å². The number of nitrogens with one attached hydrogen (secondary N) is 1. The second-order valence-electron chi connectivity index (χ2n) is 4.48. The van der Waals surface area contributed by atoms with Crippen molar-refractivity contribution in [3.8, 4) is 11.8 Å². The molecular formula is C15H29N. The third-order valence-electron chi connectivity index (χ3n) is 2.86. The molecule has 94 valence electrons. The van der Waals surface area contributed by atoms with Gasteiger partial charge in [0.2, 0.25) is 0 Å². The molecule has 1 N–H and O–H groups in total. The van der Waals surface area contributed by atoms with Gasteiger partial charge >= 0.3 is 0 Å². The summed E-state index contributed by atoms with van der Waals surface area (Å²) in [6.45, 7) is 7.54. The van der Waals surface area contributed by atoms with Crippen LogP contribution in [0.25, 0.3) is 0 Å². The first-order valence-corrected chi connectivity index (χ1v) is 6.98. The lowest BCUT2D eigenvalue weighted by atomic mass is 10.0. The molecule has 0 saturated carbocycles. The summed E-state index contributed by atoms with van der Waals surface area (Å²) in [7, 11) is 0. The number of hydrogen-bond donors (Lipinski definition) is 1. The quantitative estimate of drug-likeness (QED) is 0.434. The molecule has 0 aromatic rings. The van der Waals surface area contributed by atoms with E-state index in [0.29, 0.717) is 6.04 Å². The zero-order valence-electron chi connectivity index (χ0n) is 11.4. The molecule has 0 aliphatic carbocycles. The fourth-order valence-electron chi connectivity index (χ4n) is 1.84. The van der Waals surface area contributed by atoms with Crippen molar-refractivity contribution in [3.63, 3.8) is 0 Å². The van der Waals surface area contributed by atoms with Crippen LogP contribution in [0.3, 0.4) is 0 Å². The molecule has 0 saturated heterocycles. The van der Waals surface area contributed by atoms with Gasteiger partial charge in [0, 0.05) is 12.5 Å². The Balaban J connectivity index is 3.59. The predicted octanol–water partition coefficient (Wildman–Crippen LogP) is 4.13. The SMILES string of the molecule is CC#CCC(CCCCCCC)NCCC. The maximum absolute atomic E-state index is 3.59. The van der Waals surface area contributed by atoms with Crippen LogP contribution in [0.15, 0.2) is 0 Å². The lowest BCUT2D eigenvalue weighted by Gasteiger charge is -2.15. The van der Waals surface area contributed by atoms with Gasteiger partial charge in [0.1, 0.15) is 0 Å². The molecule has 0 bridgehead atoms. The molecule has 0 aliphatic rings. The molecule has 0 rings (SSSR count). The Hall–Kier alpha value is -0.480. The summed E-state index contributed by atoms with van der Waals surface area (Å²) in [6.07, 6.45) is 10.4. The summed E-state index contributed by atoms with van der Waals surface area (Å²) in [5.41, 5.74) is 0.